The third-order valence-electron chi connectivity index (χ3n) is 5.29. The molecule has 0 fully saturated rings. The van der Waals surface area contributed by atoms with Gasteiger partial charge in [0.15, 0.2) is 5.82 Å². The minimum atomic E-state index is -1.12. The highest BCUT2D eigenvalue weighted by atomic mass is 16.4. The molecule has 0 saturated heterocycles. The molecule has 33 heavy (non-hydrogen) atoms. The summed E-state index contributed by atoms with van der Waals surface area (Å²) in [6.45, 7) is 6.15. The van der Waals surface area contributed by atoms with Gasteiger partial charge < -0.3 is 15.3 Å². The normalized spacial score (nSPS) is 13.4. The number of aliphatic hydroxyl groups excluding tert-OH is 2. The highest BCUT2D eigenvalue weighted by Crippen LogP contribution is 2.31. The number of carboxylic acids is 1. The highest BCUT2D eigenvalue weighted by molar-refractivity contribution is 5.76. The molecule has 2 unspecified atom stereocenters. The van der Waals surface area contributed by atoms with Crippen LogP contribution in [-0.2, 0) is 4.79 Å². The number of aromatic nitrogens is 2. The van der Waals surface area contributed by atoms with E-state index in [9.17, 15) is 15.0 Å². The Bertz CT molecular complexity index is 1110. The largest absolute Gasteiger partial charge is 0.481 e. The highest BCUT2D eigenvalue weighted by Gasteiger charge is 2.18. The maximum absolute atomic E-state index is 10.8. The van der Waals surface area contributed by atoms with Crippen molar-refractivity contribution in [2.75, 3.05) is 0 Å². The van der Waals surface area contributed by atoms with E-state index in [1.807, 2.05) is 61.5 Å². The van der Waals surface area contributed by atoms with Crippen molar-refractivity contribution < 1.29 is 20.1 Å². The second-order valence-corrected chi connectivity index (χ2v) is 8.50. The molecule has 172 valence electrons. The van der Waals surface area contributed by atoms with Crippen LogP contribution in [0, 0.1) is 6.92 Å². The summed E-state index contributed by atoms with van der Waals surface area (Å²) in [5.41, 5.74) is 5.39. The lowest BCUT2D eigenvalue weighted by Crippen LogP contribution is -2.19. The van der Waals surface area contributed by atoms with E-state index in [1.54, 1.807) is 12.2 Å². The molecule has 3 rings (SSSR count). The maximum atomic E-state index is 10.8. The van der Waals surface area contributed by atoms with Gasteiger partial charge >= 0.3 is 5.97 Å². The first-order valence-corrected chi connectivity index (χ1v) is 11.0. The summed E-state index contributed by atoms with van der Waals surface area (Å²) in [6.07, 6.45) is 0.733. The molecule has 2 atom stereocenters. The fraction of sp³-hybridized carbons (Fsp3) is 0.296. The van der Waals surface area contributed by atoms with E-state index in [0.29, 0.717) is 5.82 Å². The van der Waals surface area contributed by atoms with Gasteiger partial charge in [-0.25, -0.2) is 9.97 Å². The predicted octanol–water partition coefficient (Wildman–Crippen LogP) is 4.84. The predicted molar refractivity (Wildman–Crippen MR) is 130 cm³/mol. The summed E-state index contributed by atoms with van der Waals surface area (Å²) in [5, 5.41) is 29.0. The monoisotopic (exact) mass is 446 g/mol. The second kappa shape index (κ2) is 11.0. The van der Waals surface area contributed by atoms with E-state index in [4.69, 9.17) is 15.1 Å². The molecule has 0 spiro atoms. The van der Waals surface area contributed by atoms with Crippen molar-refractivity contribution in [2.24, 2.45) is 0 Å². The number of hydrogen-bond acceptors (Lipinski definition) is 5. The Kier molecular flexibility index (Phi) is 8.09. The van der Waals surface area contributed by atoms with E-state index in [1.165, 1.54) is 0 Å². The van der Waals surface area contributed by atoms with Crippen molar-refractivity contribution in [1.29, 1.82) is 0 Å². The summed E-state index contributed by atoms with van der Waals surface area (Å²) >= 11 is 0. The molecule has 3 aromatic rings. The Morgan fingerprint density at radius 3 is 2.24 bits per heavy atom. The van der Waals surface area contributed by atoms with Gasteiger partial charge in [0.05, 0.1) is 30.0 Å². The van der Waals surface area contributed by atoms with E-state index < -0.39 is 24.6 Å². The lowest BCUT2D eigenvalue weighted by atomic mass is 9.96. The minimum Gasteiger partial charge on any atom is -0.481 e. The zero-order valence-electron chi connectivity index (χ0n) is 19.1. The van der Waals surface area contributed by atoms with Crippen LogP contribution < -0.4 is 0 Å². The van der Waals surface area contributed by atoms with E-state index in [0.717, 1.165) is 33.6 Å². The lowest BCUT2D eigenvalue weighted by Gasteiger charge is -2.17. The van der Waals surface area contributed by atoms with Crippen LogP contribution in [0.2, 0.25) is 0 Å². The van der Waals surface area contributed by atoms with Gasteiger partial charge in [-0.1, -0.05) is 86.2 Å². The van der Waals surface area contributed by atoms with Gasteiger partial charge in [-0.2, -0.15) is 0 Å². The molecule has 6 nitrogen and oxygen atoms in total. The van der Waals surface area contributed by atoms with Crippen molar-refractivity contribution in [3.05, 3.63) is 77.5 Å². The number of aryl methyl sites for hydroxylation is 1. The fourth-order valence-electron chi connectivity index (χ4n) is 3.59. The standard InChI is InChI=1S/C27H30N2O4/c1-17(2)25-23(14-13-21(30)15-22(31)16-24(32)33)26(19-7-5-4-6-8-19)29-27(28-25)20-11-9-18(3)10-12-20/h4-14,17,21-22,30-31H,15-16H2,1-3H3,(H,32,33)/b14-13+. The third kappa shape index (κ3) is 6.57. The Balaban J connectivity index is 2.07. The molecule has 2 aromatic carbocycles. The first-order valence-electron chi connectivity index (χ1n) is 11.0. The number of carbonyl (C=O) groups is 1. The molecule has 0 saturated carbocycles. The van der Waals surface area contributed by atoms with Gasteiger partial charge in [-0.15, -0.1) is 0 Å². The molecule has 1 heterocycles. The number of aliphatic carboxylic acids is 1. The van der Waals surface area contributed by atoms with Gasteiger partial charge in [-0.3, -0.25) is 4.79 Å². The average molecular weight is 447 g/mol. The summed E-state index contributed by atoms with van der Waals surface area (Å²) < 4.78 is 0. The van der Waals surface area contributed by atoms with Crippen LogP contribution in [0.25, 0.3) is 28.7 Å². The average Bonchev–Trinajstić information content (AvgIpc) is 2.77. The van der Waals surface area contributed by atoms with Crippen LogP contribution in [0.3, 0.4) is 0 Å². The summed E-state index contributed by atoms with van der Waals surface area (Å²) in [4.78, 5) is 20.5. The minimum absolute atomic E-state index is 0.0667. The van der Waals surface area contributed by atoms with Crippen molar-refractivity contribution in [1.82, 2.24) is 9.97 Å². The lowest BCUT2D eigenvalue weighted by molar-refractivity contribution is -0.139. The summed E-state index contributed by atoms with van der Waals surface area (Å²) in [7, 11) is 0. The van der Waals surface area contributed by atoms with E-state index >= 15 is 0 Å². The van der Waals surface area contributed by atoms with Crippen molar-refractivity contribution in [3.8, 4) is 22.6 Å². The molecule has 0 amide bonds. The first-order chi connectivity index (χ1) is 15.7. The number of carboxylic acid groups (broad SMARTS) is 1. The molecule has 0 aliphatic heterocycles. The third-order valence-corrected chi connectivity index (χ3v) is 5.29. The Morgan fingerprint density at radius 1 is 0.970 bits per heavy atom. The van der Waals surface area contributed by atoms with Gasteiger partial charge in [0.2, 0.25) is 0 Å². The topological polar surface area (TPSA) is 104 Å². The number of hydrogen-bond donors (Lipinski definition) is 3. The zero-order chi connectivity index (χ0) is 24.0. The molecule has 0 aliphatic carbocycles. The van der Waals surface area contributed by atoms with Crippen LogP contribution in [-0.4, -0.2) is 43.5 Å². The van der Waals surface area contributed by atoms with E-state index in [2.05, 4.69) is 13.8 Å². The van der Waals surface area contributed by atoms with Crippen LogP contribution >= 0.6 is 0 Å². The van der Waals surface area contributed by atoms with Crippen LogP contribution in [0.5, 0.6) is 0 Å². The molecular formula is C27H30N2O4. The molecule has 6 heteroatoms. The van der Waals surface area contributed by atoms with Crippen molar-refractivity contribution >= 4 is 12.0 Å². The van der Waals surface area contributed by atoms with Crippen molar-refractivity contribution in [2.45, 2.75) is 51.7 Å². The maximum Gasteiger partial charge on any atom is 0.305 e. The van der Waals surface area contributed by atoms with Crippen molar-refractivity contribution in [3.63, 3.8) is 0 Å². The van der Waals surface area contributed by atoms with Gasteiger partial charge in [-0.05, 0) is 12.8 Å². The molecule has 0 radical (unpaired) electrons. The molecule has 3 N–H and O–H groups in total. The SMILES string of the molecule is Cc1ccc(-c2nc(-c3ccccc3)c(/C=C/C(O)CC(O)CC(=O)O)c(C(C)C)n2)cc1. The Hall–Kier alpha value is -3.35. The van der Waals surface area contributed by atoms with E-state index in [-0.39, 0.29) is 12.3 Å². The van der Waals surface area contributed by atoms with Gasteiger partial charge in [0, 0.05) is 23.1 Å². The molecule has 1 aromatic heterocycles. The quantitative estimate of drug-likeness (QED) is 0.434. The number of nitrogens with zero attached hydrogens (tertiary/aromatic N) is 2. The summed E-state index contributed by atoms with van der Waals surface area (Å²) in [5.74, 6) is -0.381. The zero-order valence-corrected chi connectivity index (χ0v) is 19.1. The fourth-order valence-corrected chi connectivity index (χ4v) is 3.59. The number of rotatable bonds is 9. The smallest absolute Gasteiger partial charge is 0.305 e. The molecular weight excluding hydrogens is 416 g/mol. The summed E-state index contributed by atoms with van der Waals surface area (Å²) in [6, 6.07) is 17.9. The van der Waals surface area contributed by atoms with Crippen LogP contribution in [0.1, 0.15) is 49.4 Å². The van der Waals surface area contributed by atoms with Crippen LogP contribution in [0.15, 0.2) is 60.7 Å². The van der Waals surface area contributed by atoms with Gasteiger partial charge in [0.1, 0.15) is 0 Å². The Labute approximate surface area is 194 Å². The van der Waals surface area contributed by atoms with Crippen LogP contribution in [0.4, 0.5) is 0 Å². The Morgan fingerprint density at radius 2 is 1.64 bits per heavy atom. The van der Waals surface area contributed by atoms with Gasteiger partial charge in [0.25, 0.3) is 0 Å². The number of aliphatic hydroxyl groups is 2. The second-order valence-electron chi connectivity index (χ2n) is 8.50. The molecule has 0 bridgehead atoms. The number of benzene rings is 2. The molecule has 0 aliphatic rings. The first kappa shape index (κ1) is 24.3.